The monoisotopic (exact) mass is 333 g/mol. The zero-order chi connectivity index (χ0) is 14.7. The first-order valence-corrected chi connectivity index (χ1v) is 6.98. The molecule has 0 radical (unpaired) electrons. The number of carbonyl (C=O) groups excluding carboxylic acids is 1. The largest absolute Gasteiger partial charge is 0.399 e. The smallest absolute Gasteiger partial charge is 0.253 e. The molecule has 0 aliphatic heterocycles. The van der Waals surface area contributed by atoms with E-state index in [0.29, 0.717) is 16.9 Å². The summed E-state index contributed by atoms with van der Waals surface area (Å²) in [4.78, 5) is 12.2. The molecule has 2 aromatic rings. The topological polar surface area (TPSA) is 81.1 Å². The van der Waals surface area contributed by atoms with Gasteiger partial charge in [0.25, 0.3) is 5.91 Å². The zero-order valence-corrected chi connectivity index (χ0v) is 12.6. The highest BCUT2D eigenvalue weighted by Gasteiger charge is 2.14. The molecule has 4 nitrogen and oxygen atoms in total. The molecule has 5 heteroatoms. The van der Waals surface area contributed by atoms with Crippen LogP contribution in [0.3, 0.4) is 0 Å². The number of nitrogen functional groups attached to an aromatic ring is 2. The SMILES string of the molecule is CC(NC(=O)c1ccc(N)cc1N)c1cccc(Br)c1. The first-order valence-electron chi connectivity index (χ1n) is 6.18. The van der Waals surface area contributed by atoms with Crippen LogP contribution >= 0.6 is 15.9 Å². The van der Waals surface area contributed by atoms with Crippen LogP contribution in [-0.2, 0) is 0 Å². The molecule has 1 atom stereocenters. The third-order valence-electron chi connectivity index (χ3n) is 3.02. The molecule has 0 bridgehead atoms. The van der Waals surface area contributed by atoms with Crippen LogP contribution in [0, 0.1) is 0 Å². The zero-order valence-electron chi connectivity index (χ0n) is 11.1. The van der Waals surface area contributed by atoms with E-state index in [4.69, 9.17) is 11.5 Å². The molecule has 5 N–H and O–H groups in total. The Hall–Kier alpha value is -2.01. The summed E-state index contributed by atoms with van der Waals surface area (Å²) in [6.45, 7) is 1.92. The molecular weight excluding hydrogens is 318 g/mol. The summed E-state index contributed by atoms with van der Waals surface area (Å²) >= 11 is 3.41. The maximum Gasteiger partial charge on any atom is 0.253 e. The highest BCUT2D eigenvalue weighted by molar-refractivity contribution is 9.10. The van der Waals surface area contributed by atoms with Crippen molar-refractivity contribution in [3.8, 4) is 0 Å². The molecule has 0 saturated heterocycles. The van der Waals surface area contributed by atoms with Crippen molar-refractivity contribution in [2.24, 2.45) is 0 Å². The van der Waals surface area contributed by atoms with Crippen molar-refractivity contribution < 1.29 is 4.79 Å². The van der Waals surface area contributed by atoms with Crippen molar-refractivity contribution in [3.63, 3.8) is 0 Å². The maximum atomic E-state index is 12.2. The quantitative estimate of drug-likeness (QED) is 0.755. The lowest BCUT2D eigenvalue weighted by Gasteiger charge is -2.15. The Morgan fingerprint density at radius 3 is 2.60 bits per heavy atom. The van der Waals surface area contributed by atoms with Gasteiger partial charge in [-0.05, 0) is 42.8 Å². The minimum atomic E-state index is -0.213. The van der Waals surface area contributed by atoms with Crippen molar-refractivity contribution in [1.82, 2.24) is 5.32 Å². The second kappa shape index (κ2) is 5.96. The third kappa shape index (κ3) is 3.30. The summed E-state index contributed by atoms with van der Waals surface area (Å²) in [5, 5.41) is 2.92. The lowest BCUT2D eigenvalue weighted by atomic mass is 10.1. The molecule has 0 aromatic heterocycles. The molecule has 104 valence electrons. The van der Waals surface area contributed by atoms with Gasteiger partial charge >= 0.3 is 0 Å². The molecular formula is C15H16BrN3O. The number of hydrogen-bond donors (Lipinski definition) is 3. The number of hydrogen-bond acceptors (Lipinski definition) is 3. The highest BCUT2D eigenvalue weighted by Crippen LogP contribution is 2.20. The number of rotatable bonds is 3. The van der Waals surface area contributed by atoms with E-state index in [0.717, 1.165) is 10.0 Å². The van der Waals surface area contributed by atoms with Gasteiger partial charge in [-0.1, -0.05) is 28.1 Å². The number of benzene rings is 2. The van der Waals surface area contributed by atoms with Gasteiger partial charge in [0.15, 0.2) is 0 Å². The van der Waals surface area contributed by atoms with Gasteiger partial charge in [-0.2, -0.15) is 0 Å². The van der Waals surface area contributed by atoms with E-state index >= 15 is 0 Å². The average molecular weight is 334 g/mol. The number of anilines is 2. The lowest BCUT2D eigenvalue weighted by molar-refractivity contribution is 0.0941. The standard InChI is InChI=1S/C15H16BrN3O/c1-9(10-3-2-4-11(16)7-10)19-15(20)13-6-5-12(17)8-14(13)18/h2-9H,17-18H2,1H3,(H,19,20). The van der Waals surface area contributed by atoms with Gasteiger partial charge in [0, 0.05) is 15.8 Å². The van der Waals surface area contributed by atoms with Crippen molar-refractivity contribution in [2.75, 3.05) is 11.5 Å². The van der Waals surface area contributed by atoms with Crippen molar-refractivity contribution in [1.29, 1.82) is 0 Å². The fraction of sp³-hybridized carbons (Fsp3) is 0.133. The molecule has 0 fully saturated rings. The van der Waals surface area contributed by atoms with Crippen molar-refractivity contribution >= 4 is 33.2 Å². The molecule has 0 saturated carbocycles. The summed E-state index contributed by atoms with van der Waals surface area (Å²) in [5.74, 6) is -0.213. The van der Waals surface area contributed by atoms with E-state index in [1.165, 1.54) is 0 Å². The van der Waals surface area contributed by atoms with Crippen LogP contribution in [0.4, 0.5) is 11.4 Å². The van der Waals surface area contributed by atoms with Gasteiger partial charge in [-0.3, -0.25) is 4.79 Å². The molecule has 1 unspecified atom stereocenters. The Labute approximate surface area is 126 Å². The van der Waals surface area contributed by atoms with E-state index in [1.807, 2.05) is 31.2 Å². The Kier molecular flexibility index (Phi) is 4.29. The second-order valence-electron chi connectivity index (χ2n) is 4.60. The number of carbonyl (C=O) groups is 1. The summed E-state index contributed by atoms with van der Waals surface area (Å²) in [5.41, 5.74) is 13.8. The minimum Gasteiger partial charge on any atom is -0.399 e. The van der Waals surface area contributed by atoms with Crippen LogP contribution in [0.15, 0.2) is 46.9 Å². The average Bonchev–Trinajstić information content (AvgIpc) is 2.38. The molecule has 0 spiro atoms. The molecule has 1 amide bonds. The van der Waals surface area contributed by atoms with Gasteiger partial charge in [-0.25, -0.2) is 0 Å². The van der Waals surface area contributed by atoms with Crippen LogP contribution in [0.5, 0.6) is 0 Å². The predicted molar refractivity (Wildman–Crippen MR) is 85.3 cm³/mol. The molecule has 0 aliphatic carbocycles. The van der Waals surface area contributed by atoms with Gasteiger partial charge in [0.1, 0.15) is 0 Å². The highest BCUT2D eigenvalue weighted by atomic mass is 79.9. The van der Waals surface area contributed by atoms with Crippen LogP contribution < -0.4 is 16.8 Å². The summed E-state index contributed by atoms with van der Waals surface area (Å²) < 4.78 is 0.975. The van der Waals surface area contributed by atoms with E-state index in [1.54, 1.807) is 18.2 Å². The van der Waals surface area contributed by atoms with E-state index in [9.17, 15) is 4.79 Å². The van der Waals surface area contributed by atoms with Crippen LogP contribution in [0.25, 0.3) is 0 Å². The van der Waals surface area contributed by atoms with Crippen LogP contribution in [0.2, 0.25) is 0 Å². The van der Waals surface area contributed by atoms with Crippen molar-refractivity contribution in [3.05, 3.63) is 58.1 Å². The van der Waals surface area contributed by atoms with E-state index in [-0.39, 0.29) is 11.9 Å². The van der Waals surface area contributed by atoms with E-state index < -0.39 is 0 Å². The van der Waals surface area contributed by atoms with Gasteiger partial charge < -0.3 is 16.8 Å². The molecule has 0 aliphatic rings. The Bertz CT molecular complexity index is 643. The maximum absolute atomic E-state index is 12.2. The van der Waals surface area contributed by atoms with Crippen LogP contribution in [0.1, 0.15) is 28.9 Å². The lowest BCUT2D eigenvalue weighted by Crippen LogP contribution is -2.27. The Balaban J connectivity index is 2.15. The third-order valence-corrected chi connectivity index (χ3v) is 3.51. The Morgan fingerprint density at radius 2 is 1.95 bits per heavy atom. The fourth-order valence-corrected chi connectivity index (χ4v) is 2.34. The minimum absolute atomic E-state index is 0.114. The normalized spacial score (nSPS) is 11.9. The van der Waals surface area contributed by atoms with Crippen LogP contribution in [-0.4, -0.2) is 5.91 Å². The number of amides is 1. The predicted octanol–water partition coefficient (Wildman–Crippen LogP) is 3.10. The molecule has 20 heavy (non-hydrogen) atoms. The molecule has 0 heterocycles. The Morgan fingerprint density at radius 1 is 1.20 bits per heavy atom. The molecule has 2 aromatic carbocycles. The van der Waals surface area contributed by atoms with Gasteiger partial charge in [-0.15, -0.1) is 0 Å². The van der Waals surface area contributed by atoms with Gasteiger partial charge in [0.2, 0.25) is 0 Å². The number of nitrogens with one attached hydrogen (secondary N) is 1. The van der Waals surface area contributed by atoms with Gasteiger partial charge in [0.05, 0.1) is 11.6 Å². The fourth-order valence-electron chi connectivity index (χ4n) is 1.92. The second-order valence-corrected chi connectivity index (χ2v) is 5.51. The summed E-state index contributed by atoms with van der Waals surface area (Å²) in [7, 11) is 0. The summed E-state index contributed by atoms with van der Waals surface area (Å²) in [6.07, 6.45) is 0. The first-order chi connectivity index (χ1) is 9.47. The number of halogens is 1. The number of nitrogens with two attached hydrogens (primary N) is 2. The molecule has 2 rings (SSSR count). The first kappa shape index (κ1) is 14.4. The van der Waals surface area contributed by atoms with Crippen molar-refractivity contribution in [2.45, 2.75) is 13.0 Å². The van der Waals surface area contributed by atoms with E-state index in [2.05, 4.69) is 21.2 Å². The summed E-state index contributed by atoms with van der Waals surface area (Å²) in [6, 6.07) is 12.6.